The molecule has 4 fully saturated rings. The van der Waals surface area contributed by atoms with E-state index in [1.165, 1.54) is 0 Å². The van der Waals surface area contributed by atoms with Gasteiger partial charge < -0.3 is 5.32 Å². The van der Waals surface area contributed by atoms with Crippen LogP contribution in [-0.2, 0) is 4.79 Å². The highest BCUT2D eigenvalue weighted by Gasteiger charge is 2.60. The number of alkyl halides is 2. The zero-order valence-electron chi connectivity index (χ0n) is 13.7. The van der Waals surface area contributed by atoms with Gasteiger partial charge in [-0.3, -0.25) is 4.79 Å². The van der Waals surface area contributed by atoms with Gasteiger partial charge in [-0.1, -0.05) is 0 Å². The van der Waals surface area contributed by atoms with Crippen molar-refractivity contribution < 1.29 is 18.0 Å². The first-order chi connectivity index (χ1) is 11.8. The molecule has 1 aromatic heterocycles. The minimum Gasteiger partial charge on any atom is -0.364 e. The first kappa shape index (κ1) is 17.1. The molecule has 0 aliphatic heterocycles. The highest BCUT2D eigenvalue weighted by Crippen LogP contribution is 2.56. The molecule has 4 aliphatic carbocycles. The zero-order chi connectivity index (χ0) is 17.9. The molecule has 136 valence electrons. The lowest BCUT2D eigenvalue weighted by Crippen LogP contribution is -2.51. The normalized spacial score (nSPS) is 35.5. The first-order valence-electron chi connectivity index (χ1n) is 8.65. The number of Topliss-reactive ketones (excluding diaryl/α,β-unsaturated/α-hetero) is 1. The second-order valence-corrected chi connectivity index (χ2v) is 7.88. The summed E-state index contributed by atoms with van der Waals surface area (Å²) in [6.45, 7) is 1.56. The fourth-order valence-corrected chi connectivity index (χ4v) is 4.85. The lowest BCUT2D eigenvalue weighted by atomic mass is 9.60. The molecule has 0 radical (unpaired) electrons. The Morgan fingerprint density at radius 1 is 1.20 bits per heavy atom. The summed E-state index contributed by atoms with van der Waals surface area (Å²) < 4.78 is 41.4. The van der Waals surface area contributed by atoms with Crippen molar-refractivity contribution in [1.82, 2.24) is 9.97 Å². The molecule has 4 saturated carbocycles. The van der Waals surface area contributed by atoms with Crippen LogP contribution in [0.4, 0.5) is 19.0 Å². The van der Waals surface area contributed by atoms with Crippen molar-refractivity contribution in [2.75, 3.05) is 5.32 Å². The van der Waals surface area contributed by atoms with Crippen LogP contribution in [-0.4, -0.2) is 27.7 Å². The molecule has 5 rings (SSSR count). The summed E-state index contributed by atoms with van der Waals surface area (Å²) in [6, 6.07) is -0.238. The number of anilines is 1. The van der Waals surface area contributed by atoms with Crippen LogP contribution in [0.2, 0.25) is 5.28 Å². The number of hydrogen-bond donors (Lipinski definition) is 1. The highest BCUT2D eigenvalue weighted by molar-refractivity contribution is 6.28. The van der Waals surface area contributed by atoms with Crippen molar-refractivity contribution in [3.8, 4) is 0 Å². The van der Waals surface area contributed by atoms with E-state index >= 15 is 0 Å². The van der Waals surface area contributed by atoms with Gasteiger partial charge in [-0.25, -0.2) is 18.2 Å². The van der Waals surface area contributed by atoms with Crippen LogP contribution in [0.25, 0.3) is 0 Å². The molecule has 0 saturated heterocycles. The maximum absolute atomic E-state index is 14.7. The van der Waals surface area contributed by atoms with Crippen LogP contribution in [0.15, 0.2) is 0 Å². The number of halogens is 4. The molecule has 1 N–H and O–H groups in total. The Morgan fingerprint density at radius 3 is 2.36 bits per heavy atom. The molecule has 0 aromatic carbocycles. The number of ketones is 1. The predicted octanol–water partition coefficient (Wildman–Crippen LogP) is 4.20. The van der Waals surface area contributed by atoms with Gasteiger partial charge in [-0.05, 0) is 56.0 Å². The average Bonchev–Trinajstić information content (AvgIpc) is 3.19. The summed E-state index contributed by atoms with van der Waals surface area (Å²) in [5.74, 6) is -4.84. The summed E-state index contributed by atoms with van der Waals surface area (Å²) >= 11 is 5.84. The summed E-state index contributed by atoms with van der Waals surface area (Å²) in [5.41, 5.74) is -0.340. The number of hydrogen-bond acceptors (Lipinski definition) is 4. The molecule has 8 heteroatoms. The van der Waals surface area contributed by atoms with Gasteiger partial charge >= 0.3 is 0 Å². The first-order valence-corrected chi connectivity index (χ1v) is 9.03. The molecular weight excluding hydrogens is 355 g/mol. The summed E-state index contributed by atoms with van der Waals surface area (Å²) in [6.07, 6.45) is 3.51. The molecule has 2 bridgehead atoms. The Kier molecular flexibility index (Phi) is 3.98. The van der Waals surface area contributed by atoms with E-state index in [0.717, 1.165) is 25.7 Å². The fourth-order valence-electron chi connectivity index (χ4n) is 4.67. The molecule has 4 aliphatic rings. The van der Waals surface area contributed by atoms with Crippen LogP contribution >= 0.6 is 11.6 Å². The van der Waals surface area contributed by atoms with Crippen molar-refractivity contribution in [3.05, 3.63) is 16.8 Å². The third-order valence-corrected chi connectivity index (χ3v) is 6.17. The predicted molar refractivity (Wildman–Crippen MR) is 86.3 cm³/mol. The smallest absolute Gasteiger partial charge is 0.257 e. The maximum Gasteiger partial charge on any atom is 0.257 e. The maximum atomic E-state index is 14.7. The van der Waals surface area contributed by atoms with Crippen LogP contribution in [0, 0.1) is 23.6 Å². The lowest BCUT2D eigenvalue weighted by Gasteiger charge is -2.48. The van der Waals surface area contributed by atoms with E-state index in [0.29, 0.717) is 0 Å². The van der Waals surface area contributed by atoms with E-state index in [-0.39, 0.29) is 46.4 Å². The Morgan fingerprint density at radius 2 is 1.80 bits per heavy atom. The lowest BCUT2D eigenvalue weighted by molar-refractivity contribution is -0.126. The standard InChI is InChI=1S/C17H19ClF3N3O/c1-7(25)11-8-2-4-9(5-3-8)13(11)22-15-12(19)14(23-16(18)24-15)10-6-17(10,20)21/h8-11,13H,2-6H2,1H3,(H,22,23,24)/t8?,9?,10?,11-,13-/m0/s1. The van der Waals surface area contributed by atoms with Gasteiger partial charge in [0.05, 0.1) is 11.6 Å². The number of carbonyl (C=O) groups excluding carboxylic acids is 1. The fraction of sp³-hybridized carbons (Fsp3) is 0.706. The summed E-state index contributed by atoms with van der Waals surface area (Å²) in [5, 5.41) is 2.76. The number of nitrogens with zero attached hydrogens (tertiary/aromatic N) is 2. The molecule has 0 spiro atoms. The third kappa shape index (κ3) is 2.90. The van der Waals surface area contributed by atoms with Crippen molar-refractivity contribution in [2.24, 2.45) is 17.8 Å². The highest BCUT2D eigenvalue weighted by atomic mass is 35.5. The van der Waals surface area contributed by atoms with E-state index in [1.807, 2.05) is 0 Å². The van der Waals surface area contributed by atoms with Crippen molar-refractivity contribution in [3.63, 3.8) is 0 Å². The van der Waals surface area contributed by atoms with Gasteiger partial charge in [0.25, 0.3) is 5.92 Å². The molecule has 1 unspecified atom stereocenters. The third-order valence-electron chi connectivity index (χ3n) is 6.00. The van der Waals surface area contributed by atoms with Crippen LogP contribution in [0.1, 0.15) is 50.6 Å². The Labute approximate surface area is 148 Å². The molecular formula is C17H19ClF3N3O. The monoisotopic (exact) mass is 373 g/mol. The van der Waals surface area contributed by atoms with Crippen LogP contribution < -0.4 is 5.32 Å². The van der Waals surface area contributed by atoms with Gasteiger partial charge in [-0.15, -0.1) is 0 Å². The SMILES string of the molecule is CC(=O)[C@H]1C2CCC(CC2)[C@@H]1Nc1nc(Cl)nc(C2CC2(F)F)c1F. The molecule has 4 nitrogen and oxygen atoms in total. The zero-order valence-corrected chi connectivity index (χ0v) is 14.5. The summed E-state index contributed by atoms with van der Waals surface area (Å²) in [7, 11) is 0. The molecule has 0 amide bonds. The summed E-state index contributed by atoms with van der Waals surface area (Å²) in [4.78, 5) is 19.7. The number of rotatable bonds is 4. The second-order valence-electron chi connectivity index (χ2n) is 7.54. The average molecular weight is 374 g/mol. The number of aromatic nitrogens is 2. The second kappa shape index (κ2) is 5.83. The van der Waals surface area contributed by atoms with Gasteiger partial charge in [-0.2, -0.15) is 4.98 Å². The van der Waals surface area contributed by atoms with E-state index < -0.39 is 24.1 Å². The van der Waals surface area contributed by atoms with Crippen molar-refractivity contribution >= 4 is 23.2 Å². The van der Waals surface area contributed by atoms with E-state index in [1.54, 1.807) is 6.92 Å². The molecule has 25 heavy (non-hydrogen) atoms. The molecule has 3 atom stereocenters. The minimum atomic E-state index is -2.94. The van der Waals surface area contributed by atoms with E-state index in [4.69, 9.17) is 11.6 Å². The van der Waals surface area contributed by atoms with Crippen molar-refractivity contribution in [1.29, 1.82) is 0 Å². The van der Waals surface area contributed by atoms with Crippen LogP contribution in [0.3, 0.4) is 0 Å². The van der Waals surface area contributed by atoms with Gasteiger partial charge in [0.1, 0.15) is 5.78 Å². The van der Waals surface area contributed by atoms with Crippen molar-refractivity contribution in [2.45, 2.75) is 56.9 Å². The number of nitrogens with one attached hydrogen (secondary N) is 1. The number of carbonyl (C=O) groups is 1. The molecule has 1 aromatic rings. The Hall–Kier alpha value is -1.37. The van der Waals surface area contributed by atoms with Gasteiger partial charge in [0.15, 0.2) is 11.6 Å². The minimum absolute atomic E-state index is 0.0708. The van der Waals surface area contributed by atoms with Gasteiger partial charge in [0.2, 0.25) is 5.28 Å². The van der Waals surface area contributed by atoms with Gasteiger partial charge in [0, 0.05) is 18.4 Å². The largest absolute Gasteiger partial charge is 0.364 e. The van der Waals surface area contributed by atoms with E-state index in [2.05, 4.69) is 15.3 Å². The topological polar surface area (TPSA) is 54.9 Å². The Bertz CT molecular complexity index is 721. The molecule has 1 heterocycles. The van der Waals surface area contributed by atoms with Crippen LogP contribution in [0.5, 0.6) is 0 Å². The Balaban J connectivity index is 1.65. The van der Waals surface area contributed by atoms with E-state index in [9.17, 15) is 18.0 Å². The number of fused-ring (bicyclic) bond motifs is 3. The quantitative estimate of drug-likeness (QED) is 0.804.